The highest BCUT2D eigenvalue weighted by atomic mass is 16.3. The van der Waals surface area contributed by atoms with Crippen molar-refractivity contribution in [3.63, 3.8) is 0 Å². The van der Waals surface area contributed by atoms with E-state index in [4.69, 9.17) is 0 Å². The standard InChI is InChI=1S/C17H19N3O2/c1-12-4-3-5-15(10-12)18-11-17(22)20-19-13(2)14-6-8-16(21)9-7-14/h3-10,18-19,21H,2,11H2,1H3,(H,20,22). The van der Waals surface area contributed by atoms with Gasteiger partial charge in [0.15, 0.2) is 0 Å². The van der Waals surface area contributed by atoms with E-state index in [9.17, 15) is 9.90 Å². The molecule has 5 nitrogen and oxygen atoms in total. The van der Waals surface area contributed by atoms with Crippen LogP contribution in [0.5, 0.6) is 5.75 Å². The molecule has 0 aliphatic rings. The molecule has 1 amide bonds. The van der Waals surface area contributed by atoms with Gasteiger partial charge < -0.3 is 10.4 Å². The number of phenols is 1. The van der Waals surface area contributed by atoms with Gasteiger partial charge in [-0.05, 0) is 54.4 Å². The number of benzene rings is 2. The van der Waals surface area contributed by atoms with Crippen LogP contribution in [0.4, 0.5) is 5.69 Å². The lowest BCUT2D eigenvalue weighted by atomic mass is 10.2. The highest BCUT2D eigenvalue weighted by molar-refractivity contribution is 5.81. The van der Waals surface area contributed by atoms with Crippen molar-refractivity contribution < 1.29 is 9.90 Å². The van der Waals surface area contributed by atoms with Crippen molar-refractivity contribution in [1.82, 2.24) is 10.9 Å². The number of hydrogen-bond acceptors (Lipinski definition) is 4. The van der Waals surface area contributed by atoms with E-state index in [1.165, 1.54) is 0 Å². The number of nitrogens with one attached hydrogen (secondary N) is 3. The second-order valence-corrected chi connectivity index (χ2v) is 4.92. The first-order chi connectivity index (χ1) is 10.5. The number of phenolic OH excluding ortho intramolecular Hbond substituents is 1. The van der Waals surface area contributed by atoms with Gasteiger partial charge in [-0.25, -0.2) is 0 Å². The largest absolute Gasteiger partial charge is 0.508 e. The molecule has 2 aromatic carbocycles. The van der Waals surface area contributed by atoms with Gasteiger partial charge in [-0.15, -0.1) is 0 Å². The number of carbonyl (C=O) groups is 1. The minimum atomic E-state index is -0.207. The summed E-state index contributed by atoms with van der Waals surface area (Å²) in [5.41, 5.74) is 8.67. The molecule has 22 heavy (non-hydrogen) atoms. The fraction of sp³-hybridized carbons (Fsp3) is 0.118. The SMILES string of the molecule is C=C(NNC(=O)CNc1cccc(C)c1)c1ccc(O)cc1. The number of anilines is 1. The molecule has 0 aliphatic heterocycles. The highest BCUT2D eigenvalue weighted by Gasteiger charge is 2.03. The van der Waals surface area contributed by atoms with Gasteiger partial charge in [0.1, 0.15) is 5.75 Å². The molecule has 0 saturated heterocycles. The summed E-state index contributed by atoms with van der Waals surface area (Å²) >= 11 is 0. The van der Waals surface area contributed by atoms with E-state index in [2.05, 4.69) is 22.7 Å². The maximum Gasteiger partial charge on any atom is 0.257 e. The second-order valence-electron chi connectivity index (χ2n) is 4.92. The van der Waals surface area contributed by atoms with E-state index in [-0.39, 0.29) is 18.2 Å². The van der Waals surface area contributed by atoms with Crippen LogP contribution in [0.1, 0.15) is 11.1 Å². The Kier molecular flexibility index (Phi) is 5.03. The molecule has 2 aromatic rings. The average molecular weight is 297 g/mol. The molecular weight excluding hydrogens is 278 g/mol. The second kappa shape index (κ2) is 7.17. The fourth-order valence-electron chi connectivity index (χ4n) is 1.86. The van der Waals surface area contributed by atoms with Crippen LogP contribution in [0.2, 0.25) is 0 Å². The molecule has 5 heteroatoms. The van der Waals surface area contributed by atoms with Gasteiger partial charge in [0.25, 0.3) is 5.91 Å². The Bertz CT molecular complexity index is 666. The minimum Gasteiger partial charge on any atom is -0.508 e. The molecule has 0 aliphatic carbocycles. The number of rotatable bonds is 6. The number of amides is 1. The van der Waals surface area contributed by atoms with E-state index < -0.39 is 0 Å². The van der Waals surface area contributed by atoms with E-state index >= 15 is 0 Å². The lowest BCUT2D eigenvalue weighted by molar-refractivity contribution is -0.120. The number of hydrazine groups is 1. The summed E-state index contributed by atoms with van der Waals surface area (Å²) in [7, 11) is 0. The molecule has 0 saturated carbocycles. The average Bonchev–Trinajstić information content (AvgIpc) is 2.51. The number of aryl methyl sites for hydroxylation is 1. The topological polar surface area (TPSA) is 73.4 Å². The summed E-state index contributed by atoms with van der Waals surface area (Å²) in [5.74, 6) is -0.0237. The first-order valence-electron chi connectivity index (χ1n) is 6.88. The highest BCUT2D eigenvalue weighted by Crippen LogP contribution is 2.14. The summed E-state index contributed by atoms with van der Waals surface area (Å²) in [6.45, 7) is 5.98. The summed E-state index contributed by atoms with van der Waals surface area (Å²) < 4.78 is 0. The predicted octanol–water partition coefficient (Wildman–Crippen LogP) is 2.40. The summed E-state index contributed by atoms with van der Waals surface area (Å²) in [5, 5.41) is 12.3. The van der Waals surface area contributed by atoms with Crippen LogP contribution in [0.25, 0.3) is 5.70 Å². The van der Waals surface area contributed by atoms with E-state index in [0.29, 0.717) is 5.70 Å². The summed E-state index contributed by atoms with van der Waals surface area (Å²) in [4.78, 5) is 11.8. The van der Waals surface area contributed by atoms with Crippen molar-refractivity contribution in [1.29, 1.82) is 0 Å². The molecule has 0 radical (unpaired) electrons. The Hall–Kier alpha value is -2.95. The summed E-state index contributed by atoms with van der Waals surface area (Å²) in [6.07, 6.45) is 0. The molecular formula is C17H19N3O2. The predicted molar refractivity (Wildman–Crippen MR) is 88.1 cm³/mol. The van der Waals surface area contributed by atoms with Crippen molar-refractivity contribution in [2.24, 2.45) is 0 Å². The van der Waals surface area contributed by atoms with Crippen LogP contribution in [-0.4, -0.2) is 17.6 Å². The molecule has 4 N–H and O–H groups in total. The maximum atomic E-state index is 11.8. The summed E-state index contributed by atoms with van der Waals surface area (Å²) in [6, 6.07) is 14.3. The molecule has 0 bridgehead atoms. The lowest BCUT2D eigenvalue weighted by Gasteiger charge is -2.12. The zero-order valence-corrected chi connectivity index (χ0v) is 12.4. The van der Waals surface area contributed by atoms with Gasteiger partial charge in [-0.1, -0.05) is 18.7 Å². The molecule has 114 valence electrons. The molecule has 0 heterocycles. The van der Waals surface area contributed by atoms with Crippen molar-refractivity contribution in [2.45, 2.75) is 6.92 Å². The Labute approximate surface area is 129 Å². The third-order valence-corrected chi connectivity index (χ3v) is 3.04. The smallest absolute Gasteiger partial charge is 0.257 e. The molecule has 0 spiro atoms. The fourth-order valence-corrected chi connectivity index (χ4v) is 1.86. The van der Waals surface area contributed by atoms with Crippen LogP contribution in [-0.2, 0) is 4.79 Å². The van der Waals surface area contributed by atoms with Gasteiger partial charge in [-0.2, -0.15) is 0 Å². The van der Waals surface area contributed by atoms with E-state index in [1.807, 2.05) is 31.2 Å². The van der Waals surface area contributed by atoms with E-state index in [0.717, 1.165) is 16.8 Å². The van der Waals surface area contributed by atoms with Gasteiger partial charge in [0.2, 0.25) is 0 Å². The van der Waals surface area contributed by atoms with Gasteiger partial charge in [0.05, 0.1) is 12.2 Å². The Morgan fingerprint density at radius 1 is 1.14 bits per heavy atom. The Morgan fingerprint density at radius 2 is 1.86 bits per heavy atom. The minimum absolute atomic E-state index is 0.152. The molecule has 0 atom stereocenters. The quantitative estimate of drug-likeness (QED) is 0.618. The van der Waals surface area contributed by atoms with Crippen molar-refractivity contribution in [2.75, 3.05) is 11.9 Å². The zero-order chi connectivity index (χ0) is 15.9. The molecule has 0 aromatic heterocycles. The zero-order valence-electron chi connectivity index (χ0n) is 12.4. The monoisotopic (exact) mass is 297 g/mol. The Morgan fingerprint density at radius 3 is 2.55 bits per heavy atom. The molecule has 0 unspecified atom stereocenters. The molecule has 2 rings (SSSR count). The number of hydrogen-bond donors (Lipinski definition) is 4. The van der Waals surface area contributed by atoms with Crippen molar-refractivity contribution in [3.05, 3.63) is 66.2 Å². The first-order valence-corrected chi connectivity index (χ1v) is 6.88. The van der Waals surface area contributed by atoms with Gasteiger partial charge >= 0.3 is 0 Å². The van der Waals surface area contributed by atoms with Crippen LogP contribution in [0.3, 0.4) is 0 Å². The lowest BCUT2D eigenvalue weighted by Crippen LogP contribution is -2.39. The van der Waals surface area contributed by atoms with Crippen molar-refractivity contribution in [3.8, 4) is 5.75 Å². The number of aromatic hydroxyl groups is 1. The normalized spacial score (nSPS) is 9.86. The van der Waals surface area contributed by atoms with Gasteiger partial charge in [-0.3, -0.25) is 15.6 Å². The van der Waals surface area contributed by atoms with Crippen LogP contribution < -0.4 is 16.2 Å². The van der Waals surface area contributed by atoms with Crippen LogP contribution >= 0.6 is 0 Å². The van der Waals surface area contributed by atoms with Crippen molar-refractivity contribution >= 4 is 17.3 Å². The maximum absolute atomic E-state index is 11.8. The Balaban J connectivity index is 1.78. The van der Waals surface area contributed by atoms with E-state index in [1.54, 1.807) is 24.3 Å². The molecule has 0 fully saturated rings. The first kappa shape index (κ1) is 15.4. The van der Waals surface area contributed by atoms with Crippen LogP contribution in [0, 0.1) is 6.92 Å². The third-order valence-electron chi connectivity index (χ3n) is 3.04. The third kappa shape index (κ3) is 4.56. The number of carbonyl (C=O) groups excluding carboxylic acids is 1. The van der Waals surface area contributed by atoms with Crippen LogP contribution in [0.15, 0.2) is 55.1 Å². The van der Waals surface area contributed by atoms with Gasteiger partial charge in [0, 0.05) is 5.69 Å².